The van der Waals surface area contributed by atoms with E-state index in [4.69, 9.17) is 9.47 Å². The highest BCUT2D eigenvalue weighted by molar-refractivity contribution is 5.94. The van der Waals surface area contributed by atoms with Gasteiger partial charge in [0.1, 0.15) is 24.7 Å². The molecule has 2 rings (SSSR count). The quantitative estimate of drug-likeness (QED) is 0.323. The number of aromatic amines is 1. The Morgan fingerprint density at radius 1 is 1.06 bits per heavy atom. The van der Waals surface area contributed by atoms with E-state index in [2.05, 4.69) is 39.9 Å². The van der Waals surface area contributed by atoms with E-state index in [1.165, 1.54) is 31.2 Å². The molecule has 0 aliphatic heterocycles. The fourth-order valence-corrected chi connectivity index (χ4v) is 2.51. The highest BCUT2D eigenvalue weighted by Crippen LogP contribution is 2.11. The van der Waals surface area contributed by atoms with Gasteiger partial charge in [-0.3, -0.25) is 4.79 Å². The predicted octanol–water partition coefficient (Wildman–Crippen LogP) is 3.86. The van der Waals surface area contributed by atoms with E-state index >= 15 is 0 Å². The Morgan fingerprint density at radius 3 is 2.18 bits per heavy atom. The molecule has 0 bridgehead atoms. The molecule has 0 saturated heterocycles. The van der Waals surface area contributed by atoms with E-state index in [0.717, 1.165) is 5.57 Å². The van der Waals surface area contributed by atoms with Crippen LogP contribution in [0.3, 0.4) is 0 Å². The average Bonchev–Trinajstić information content (AvgIpc) is 3.31. The van der Waals surface area contributed by atoms with Crippen molar-refractivity contribution >= 4 is 23.3 Å². The van der Waals surface area contributed by atoms with Crippen LogP contribution in [-0.2, 0) is 20.9 Å². The van der Waals surface area contributed by atoms with Gasteiger partial charge >= 0.3 is 11.9 Å². The smallest absolute Gasteiger partial charge is 0.338 e. The first-order valence-electron chi connectivity index (χ1n) is 9.97. The van der Waals surface area contributed by atoms with Crippen molar-refractivity contribution in [3.05, 3.63) is 95.2 Å². The molecule has 1 aromatic carbocycles. The van der Waals surface area contributed by atoms with E-state index in [-0.39, 0.29) is 35.8 Å². The maximum atomic E-state index is 12.3. The molecule has 0 fully saturated rings. The fraction of sp³-hybridized carbons (Fsp3) is 0.200. The number of esters is 2. The second-order valence-electron chi connectivity index (χ2n) is 6.84. The largest absolute Gasteiger partial charge is 0.456 e. The Labute approximate surface area is 192 Å². The summed E-state index contributed by atoms with van der Waals surface area (Å²) in [6.45, 7) is 11.9. The van der Waals surface area contributed by atoms with Gasteiger partial charge in [0.2, 0.25) is 0 Å². The van der Waals surface area contributed by atoms with Crippen LogP contribution in [0.15, 0.2) is 72.6 Å². The third-order valence-corrected chi connectivity index (χ3v) is 4.49. The van der Waals surface area contributed by atoms with Crippen LogP contribution in [0.25, 0.3) is 5.57 Å². The SMILES string of the molecule is C=C=C(N/C(=C\C)COC(=O)c1ccc(C(=O)OCc2cnc(C(C)=C=C)[nH]2)cc1)C(C)=O. The van der Waals surface area contributed by atoms with Crippen LogP contribution in [0, 0.1) is 0 Å². The highest BCUT2D eigenvalue weighted by atomic mass is 16.5. The lowest BCUT2D eigenvalue weighted by molar-refractivity contribution is -0.113. The molecule has 0 aliphatic carbocycles. The number of Topliss-reactive ketones (excluding diaryl/α,β-unsaturated/α-hetero) is 1. The van der Waals surface area contributed by atoms with Gasteiger partial charge in [0, 0.05) is 18.2 Å². The van der Waals surface area contributed by atoms with Crippen LogP contribution < -0.4 is 5.32 Å². The molecule has 0 spiro atoms. The number of nitrogens with one attached hydrogen (secondary N) is 2. The highest BCUT2D eigenvalue weighted by Gasteiger charge is 2.13. The van der Waals surface area contributed by atoms with Crippen LogP contribution >= 0.6 is 0 Å². The number of aromatic nitrogens is 2. The molecule has 0 aliphatic rings. The van der Waals surface area contributed by atoms with E-state index in [9.17, 15) is 14.4 Å². The van der Waals surface area contributed by atoms with E-state index < -0.39 is 11.9 Å². The second kappa shape index (κ2) is 11.9. The first kappa shape index (κ1) is 24.9. The number of carbonyl (C=O) groups is 3. The minimum Gasteiger partial charge on any atom is -0.456 e. The Hall–Kier alpha value is -4.38. The van der Waals surface area contributed by atoms with Gasteiger partial charge < -0.3 is 19.8 Å². The van der Waals surface area contributed by atoms with E-state index in [1.807, 2.05) is 6.92 Å². The van der Waals surface area contributed by atoms with E-state index in [0.29, 0.717) is 17.2 Å². The number of hydrogen-bond donors (Lipinski definition) is 2. The lowest BCUT2D eigenvalue weighted by Gasteiger charge is -2.11. The molecular weight excluding hydrogens is 422 g/mol. The van der Waals surface area contributed by atoms with Crippen LogP contribution in [0.1, 0.15) is 53.0 Å². The number of hydrogen-bond acceptors (Lipinski definition) is 7. The summed E-state index contributed by atoms with van der Waals surface area (Å²) in [5, 5.41) is 2.82. The number of ketones is 1. The molecule has 1 heterocycles. The zero-order valence-corrected chi connectivity index (χ0v) is 18.8. The summed E-state index contributed by atoms with van der Waals surface area (Å²) in [6.07, 6.45) is 3.24. The van der Waals surface area contributed by atoms with Crippen molar-refractivity contribution in [2.75, 3.05) is 6.61 Å². The third kappa shape index (κ3) is 7.08. The van der Waals surface area contributed by atoms with Gasteiger partial charge in [0.15, 0.2) is 5.78 Å². The van der Waals surface area contributed by atoms with Gasteiger partial charge in [-0.25, -0.2) is 14.6 Å². The van der Waals surface area contributed by atoms with Crippen molar-refractivity contribution in [3.8, 4) is 0 Å². The minimum absolute atomic E-state index is 0.0145. The van der Waals surface area contributed by atoms with Gasteiger partial charge in [0.25, 0.3) is 0 Å². The summed E-state index contributed by atoms with van der Waals surface area (Å²) in [6, 6.07) is 5.90. The number of benzene rings is 1. The molecule has 8 heteroatoms. The molecule has 0 amide bonds. The number of imidazole rings is 1. The number of rotatable bonds is 10. The maximum absolute atomic E-state index is 12.3. The Bertz CT molecular complexity index is 1170. The summed E-state index contributed by atoms with van der Waals surface area (Å²) in [5.74, 6) is -0.767. The lowest BCUT2D eigenvalue weighted by Crippen LogP contribution is -2.22. The molecule has 8 nitrogen and oxygen atoms in total. The molecule has 0 unspecified atom stereocenters. The Morgan fingerprint density at radius 2 is 1.67 bits per heavy atom. The maximum Gasteiger partial charge on any atom is 0.338 e. The van der Waals surface area contributed by atoms with Gasteiger partial charge in [-0.2, -0.15) is 0 Å². The summed E-state index contributed by atoms with van der Waals surface area (Å²) < 4.78 is 10.5. The Balaban J connectivity index is 1.91. The lowest BCUT2D eigenvalue weighted by atomic mass is 10.1. The van der Waals surface area contributed by atoms with Gasteiger partial charge in [-0.05, 0) is 38.1 Å². The number of carbonyl (C=O) groups excluding carboxylic acids is 3. The van der Waals surface area contributed by atoms with Crippen LogP contribution in [-0.4, -0.2) is 34.3 Å². The molecular formula is C25H25N3O5. The zero-order valence-electron chi connectivity index (χ0n) is 18.8. The average molecular weight is 447 g/mol. The first-order chi connectivity index (χ1) is 15.8. The normalized spacial score (nSPS) is 10.5. The molecule has 0 radical (unpaired) electrons. The van der Waals surface area contributed by atoms with Crippen LogP contribution in [0.2, 0.25) is 0 Å². The predicted molar refractivity (Wildman–Crippen MR) is 123 cm³/mol. The van der Waals surface area contributed by atoms with Gasteiger partial charge in [-0.1, -0.05) is 25.0 Å². The number of ether oxygens (including phenoxy) is 2. The molecule has 2 aromatic rings. The molecule has 33 heavy (non-hydrogen) atoms. The summed E-state index contributed by atoms with van der Waals surface area (Å²) in [5.41, 5.74) is 7.85. The monoisotopic (exact) mass is 447 g/mol. The molecule has 2 N–H and O–H groups in total. The van der Waals surface area contributed by atoms with E-state index in [1.54, 1.807) is 19.2 Å². The fourth-order valence-electron chi connectivity index (χ4n) is 2.51. The molecule has 1 aromatic heterocycles. The van der Waals surface area contributed by atoms with Crippen LogP contribution in [0.4, 0.5) is 0 Å². The molecule has 0 atom stereocenters. The number of nitrogens with zero attached hydrogens (tertiary/aromatic N) is 1. The first-order valence-corrected chi connectivity index (χ1v) is 9.97. The molecule has 0 saturated carbocycles. The van der Waals surface area contributed by atoms with Crippen molar-refractivity contribution in [1.82, 2.24) is 15.3 Å². The molecule has 170 valence electrons. The summed E-state index contributed by atoms with van der Waals surface area (Å²) in [4.78, 5) is 43.2. The topological polar surface area (TPSA) is 110 Å². The number of allylic oxidation sites excluding steroid dienone is 3. The van der Waals surface area contributed by atoms with Crippen LogP contribution in [0.5, 0.6) is 0 Å². The van der Waals surface area contributed by atoms with Crippen molar-refractivity contribution in [1.29, 1.82) is 0 Å². The standard InChI is InChI=1S/C25H25N3O5/c1-6-16(4)23-26-13-21(28-23)15-33-25(31)19-11-9-18(10-12-19)24(30)32-14-20(7-2)27-22(8-3)17(5)29/h7,9-13,27H,1,3,14-15H2,2,4-5H3,(H,26,28)/b20-7-. The van der Waals surface area contributed by atoms with Crippen molar-refractivity contribution in [2.45, 2.75) is 27.4 Å². The second-order valence-corrected chi connectivity index (χ2v) is 6.84. The Kier molecular flexibility index (Phi) is 8.95. The van der Waals surface area contributed by atoms with Crippen molar-refractivity contribution < 1.29 is 23.9 Å². The summed E-state index contributed by atoms with van der Waals surface area (Å²) >= 11 is 0. The van der Waals surface area contributed by atoms with Crippen molar-refractivity contribution in [3.63, 3.8) is 0 Å². The number of H-pyrrole nitrogens is 1. The minimum atomic E-state index is -0.585. The van der Waals surface area contributed by atoms with Crippen molar-refractivity contribution in [2.24, 2.45) is 0 Å². The third-order valence-electron chi connectivity index (χ3n) is 4.49. The van der Waals surface area contributed by atoms with Gasteiger partial charge in [0.05, 0.1) is 23.0 Å². The summed E-state index contributed by atoms with van der Waals surface area (Å²) in [7, 11) is 0. The zero-order chi connectivity index (χ0) is 24.4. The van der Waals surface area contributed by atoms with Gasteiger partial charge in [-0.15, -0.1) is 5.73 Å².